The Balaban J connectivity index is 1.58. The fourth-order valence-corrected chi connectivity index (χ4v) is 4.90. The smallest absolute Gasteiger partial charge is 0.255 e. The maximum atomic E-state index is 13.7. The van der Waals surface area contributed by atoms with E-state index in [9.17, 15) is 9.59 Å². The topological polar surface area (TPSA) is 53.0 Å². The van der Waals surface area contributed by atoms with Crippen LogP contribution in [0.3, 0.4) is 0 Å². The first kappa shape index (κ1) is 20.5. The molecule has 160 valence electrons. The van der Waals surface area contributed by atoms with E-state index < -0.39 is 12.0 Å². The molecule has 1 saturated heterocycles. The highest BCUT2D eigenvalue weighted by atomic mass is 32.2. The number of para-hydroxylation sites is 1. The van der Waals surface area contributed by atoms with Crippen molar-refractivity contribution in [2.24, 2.45) is 11.0 Å². The van der Waals surface area contributed by atoms with Crippen molar-refractivity contribution in [2.75, 3.05) is 11.3 Å². The number of rotatable bonds is 5. The quantitative estimate of drug-likeness (QED) is 0.424. The van der Waals surface area contributed by atoms with Gasteiger partial charge < -0.3 is 0 Å². The second kappa shape index (κ2) is 8.28. The van der Waals surface area contributed by atoms with Gasteiger partial charge in [0.2, 0.25) is 5.91 Å². The van der Waals surface area contributed by atoms with Crippen LogP contribution in [-0.2, 0) is 9.59 Å². The standard InChI is InChI=1S/C26H23N3O2S/c1-17(18-9-5-3-6-10-18)28-25(30)22-23(19-13-15-21(32-2)16-14-19)27-29(24(22)26(28)31)20-11-7-4-8-12-20/h3-17,22,24H,1-2H3/t17-,22-,24+/m1/s1. The maximum absolute atomic E-state index is 13.7. The molecule has 5 nitrogen and oxygen atoms in total. The Morgan fingerprint density at radius 2 is 1.47 bits per heavy atom. The summed E-state index contributed by atoms with van der Waals surface area (Å²) in [6.07, 6.45) is 2.03. The number of hydrogen-bond acceptors (Lipinski definition) is 5. The largest absolute Gasteiger partial charge is 0.274 e. The molecular formula is C26H23N3O2S. The van der Waals surface area contributed by atoms with Crippen LogP contribution in [0.15, 0.2) is 94.9 Å². The summed E-state index contributed by atoms with van der Waals surface area (Å²) in [5.41, 5.74) is 3.25. The van der Waals surface area contributed by atoms with Gasteiger partial charge in [0, 0.05) is 4.90 Å². The highest BCUT2D eigenvalue weighted by Gasteiger charge is 2.58. The van der Waals surface area contributed by atoms with Gasteiger partial charge in [0.1, 0.15) is 12.0 Å². The Labute approximate surface area is 191 Å². The van der Waals surface area contributed by atoms with Crippen molar-refractivity contribution in [3.05, 3.63) is 96.1 Å². The average Bonchev–Trinajstić information content (AvgIpc) is 3.36. The Hall–Kier alpha value is -3.38. The molecule has 0 bridgehead atoms. The molecule has 0 unspecified atom stereocenters. The van der Waals surface area contributed by atoms with Gasteiger partial charge in [-0.15, -0.1) is 11.8 Å². The minimum atomic E-state index is -0.675. The summed E-state index contributed by atoms with van der Waals surface area (Å²) in [7, 11) is 0. The summed E-state index contributed by atoms with van der Waals surface area (Å²) in [5, 5.41) is 6.53. The van der Waals surface area contributed by atoms with E-state index in [1.54, 1.807) is 16.8 Å². The predicted octanol–water partition coefficient (Wildman–Crippen LogP) is 4.75. The summed E-state index contributed by atoms with van der Waals surface area (Å²) in [4.78, 5) is 29.9. The molecule has 1 fully saturated rings. The summed E-state index contributed by atoms with van der Waals surface area (Å²) in [5.74, 6) is -1.03. The Kier molecular flexibility index (Phi) is 5.31. The van der Waals surface area contributed by atoms with Gasteiger partial charge in [-0.3, -0.25) is 19.5 Å². The monoisotopic (exact) mass is 441 g/mol. The predicted molar refractivity (Wildman–Crippen MR) is 128 cm³/mol. The molecule has 2 aliphatic rings. The van der Waals surface area contributed by atoms with E-state index in [1.165, 1.54) is 4.90 Å². The minimum Gasteiger partial charge on any atom is -0.274 e. The van der Waals surface area contributed by atoms with Crippen LogP contribution >= 0.6 is 11.8 Å². The van der Waals surface area contributed by atoms with E-state index in [0.717, 1.165) is 21.7 Å². The molecule has 0 spiro atoms. The number of hydrogen-bond donors (Lipinski definition) is 0. The minimum absolute atomic E-state index is 0.192. The molecule has 0 N–H and O–H groups in total. The third kappa shape index (κ3) is 3.31. The molecular weight excluding hydrogens is 418 g/mol. The molecule has 3 aromatic rings. The highest BCUT2D eigenvalue weighted by molar-refractivity contribution is 7.98. The van der Waals surface area contributed by atoms with Crippen molar-refractivity contribution in [1.29, 1.82) is 0 Å². The molecule has 32 heavy (non-hydrogen) atoms. The fraction of sp³-hybridized carbons (Fsp3) is 0.192. The van der Waals surface area contributed by atoms with E-state index in [-0.39, 0.29) is 17.9 Å². The van der Waals surface area contributed by atoms with Crippen LogP contribution in [0, 0.1) is 5.92 Å². The van der Waals surface area contributed by atoms with Gasteiger partial charge in [0.05, 0.1) is 17.4 Å². The number of fused-ring (bicyclic) bond motifs is 1. The average molecular weight is 442 g/mol. The summed E-state index contributed by atoms with van der Waals surface area (Å²) < 4.78 is 0. The molecule has 0 aromatic heterocycles. The van der Waals surface area contributed by atoms with Crippen molar-refractivity contribution >= 4 is 35.0 Å². The molecule has 2 aliphatic heterocycles. The van der Waals surface area contributed by atoms with Crippen molar-refractivity contribution in [1.82, 2.24) is 4.90 Å². The van der Waals surface area contributed by atoms with E-state index in [1.807, 2.05) is 98.1 Å². The highest BCUT2D eigenvalue weighted by Crippen LogP contribution is 2.40. The molecule has 0 saturated carbocycles. The lowest BCUT2D eigenvalue weighted by Gasteiger charge is -2.26. The van der Waals surface area contributed by atoms with Crippen molar-refractivity contribution in [3.63, 3.8) is 0 Å². The van der Waals surface area contributed by atoms with Gasteiger partial charge in [-0.05, 0) is 48.6 Å². The molecule has 3 aromatic carbocycles. The second-order valence-electron chi connectivity index (χ2n) is 7.95. The van der Waals surface area contributed by atoms with Crippen molar-refractivity contribution in [2.45, 2.75) is 23.9 Å². The lowest BCUT2D eigenvalue weighted by Crippen LogP contribution is -2.40. The molecule has 6 heteroatoms. The number of likely N-dealkylation sites (tertiary alicyclic amines) is 1. The normalized spacial score (nSPS) is 21.0. The zero-order chi connectivity index (χ0) is 22.2. The number of imide groups is 1. The molecule has 5 rings (SSSR count). The first-order chi connectivity index (χ1) is 15.6. The third-order valence-corrected chi connectivity index (χ3v) is 6.90. The number of carbonyl (C=O) groups excluding carboxylic acids is 2. The Bertz CT molecular complexity index is 1180. The van der Waals surface area contributed by atoms with E-state index in [4.69, 9.17) is 5.10 Å². The lowest BCUT2D eigenvalue weighted by atomic mass is 9.93. The van der Waals surface area contributed by atoms with Crippen LogP contribution in [-0.4, -0.2) is 34.7 Å². The maximum Gasteiger partial charge on any atom is 0.255 e. The van der Waals surface area contributed by atoms with E-state index >= 15 is 0 Å². The van der Waals surface area contributed by atoms with Crippen LogP contribution < -0.4 is 5.01 Å². The number of nitrogens with zero attached hydrogens (tertiary/aromatic N) is 3. The van der Waals surface area contributed by atoms with Crippen molar-refractivity contribution in [3.8, 4) is 0 Å². The van der Waals surface area contributed by atoms with Gasteiger partial charge in [-0.1, -0.05) is 60.7 Å². The Morgan fingerprint density at radius 1 is 0.844 bits per heavy atom. The zero-order valence-corrected chi connectivity index (χ0v) is 18.7. The van der Waals surface area contributed by atoms with E-state index in [2.05, 4.69) is 0 Å². The zero-order valence-electron chi connectivity index (χ0n) is 17.9. The van der Waals surface area contributed by atoms with Crippen LogP contribution in [0.1, 0.15) is 24.1 Å². The van der Waals surface area contributed by atoms with E-state index in [0.29, 0.717) is 5.71 Å². The van der Waals surface area contributed by atoms with Crippen LogP contribution in [0.25, 0.3) is 0 Å². The third-order valence-electron chi connectivity index (χ3n) is 6.16. The van der Waals surface area contributed by atoms with Crippen LogP contribution in [0.5, 0.6) is 0 Å². The van der Waals surface area contributed by atoms with Crippen molar-refractivity contribution < 1.29 is 9.59 Å². The van der Waals surface area contributed by atoms with Crippen LogP contribution in [0.4, 0.5) is 5.69 Å². The number of amides is 2. The number of carbonyl (C=O) groups is 2. The first-order valence-corrected chi connectivity index (χ1v) is 11.8. The number of anilines is 1. The van der Waals surface area contributed by atoms with Crippen LogP contribution in [0.2, 0.25) is 0 Å². The first-order valence-electron chi connectivity index (χ1n) is 10.6. The SMILES string of the molecule is CSc1ccc(C2=NN(c3ccccc3)[C@@H]3C(=O)N([C@H](C)c4ccccc4)C(=O)[C@H]23)cc1. The molecule has 3 atom stereocenters. The number of benzene rings is 3. The molecule has 0 radical (unpaired) electrons. The van der Waals surface area contributed by atoms with Gasteiger partial charge in [0.15, 0.2) is 0 Å². The molecule has 2 amide bonds. The van der Waals surface area contributed by atoms with Gasteiger partial charge in [-0.2, -0.15) is 5.10 Å². The fourth-order valence-electron chi connectivity index (χ4n) is 4.49. The Morgan fingerprint density at radius 3 is 2.09 bits per heavy atom. The molecule has 2 heterocycles. The number of thioether (sulfide) groups is 1. The summed E-state index contributed by atoms with van der Waals surface area (Å²) in [6.45, 7) is 1.91. The van der Waals surface area contributed by atoms with Gasteiger partial charge in [0.25, 0.3) is 5.91 Å². The summed E-state index contributed by atoms with van der Waals surface area (Å²) in [6, 6.07) is 26.3. The van der Waals surface area contributed by atoms with Gasteiger partial charge >= 0.3 is 0 Å². The second-order valence-corrected chi connectivity index (χ2v) is 8.83. The van der Waals surface area contributed by atoms with Gasteiger partial charge in [-0.25, -0.2) is 0 Å². The lowest BCUT2D eigenvalue weighted by molar-refractivity contribution is -0.141. The summed E-state index contributed by atoms with van der Waals surface area (Å²) >= 11 is 1.66. The molecule has 0 aliphatic carbocycles. The number of hydrazone groups is 1.